The van der Waals surface area contributed by atoms with E-state index in [4.69, 9.17) is 9.47 Å². The van der Waals surface area contributed by atoms with Crippen molar-refractivity contribution in [2.75, 3.05) is 6.61 Å². The number of unbranched alkanes of at least 4 members (excludes halogenated alkanes) is 1. The van der Waals surface area contributed by atoms with Crippen LogP contribution in [0.5, 0.6) is 0 Å². The van der Waals surface area contributed by atoms with E-state index in [1.54, 1.807) is 44.2 Å². The molecule has 8 heteroatoms. The smallest absolute Gasteiger partial charge is 0.331 e. The highest BCUT2D eigenvalue weighted by atomic mass is 16.6. The van der Waals surface area contributed by atoms with E-state index < -0.39 is 76.3 Å². The third-order valence-electron chi connectivity index (χ3n) is 9.67. The minimum atomic E-state index is -1.96. The first-order chi connectivity index (χ1) is 18.7. The minimum Gasteiger partial charge on any atom is -0.455 e. The van der Waals surface area contributed by atoms with Gasteiger partial charge >= 0.3 is 11.9 Å². The average Bonchev–Trinajstić information content (AvgIpc) is 3.31. The monoisotopic (exact) mass is 554 g/mol. The van der Waals surface area contributed by atoms with Crippen molar-refractivity contribution in [3.05, 3.63) is 59.8 Å². The summed E-state index contributed by atoms with van der Waals surface area (Å²) in [7, 11) is 0. The van der Waals surface area contributed by atoms with Crippen LogP contribution < -0.4 is 0 Å². The van der Waals surface area contributed by atoms with Crippen LogP contribution in [0.25, 0.3) is 0 Å². The Morgan fingerprint density at radius 2 is 1.80 bits per heavy atom. The van der Waals surface area contributed by atoms with E-state index in [2.05, 4.69) is 6.92 Å². The molecule has 4 aliphatic carbocycles. The molecule has 0 amide bonds. The standard InChI is InChI=1S/C32H42O8/c1-7-8-9-10-11-12-13-14-25(35)39-28-20(3)31(38)23(26-29(5,6)32(26,28)40-21(4)34)16-22(18-33)17-30(37)24(31)15-19(2)27(30)36/h9-16,20,23-24,26,28,33,37-38H,7-8,17-18H2,1-6H3/b10-9+,12-11+,14-13+/t20-,23+,24-,26-,28-,30-,31-,32-/m1/s1. The summed E-state index contributed by atoms with van der Waals surface area (Å²) in [6.45, 7) is 10.1. The van der Waals surface area contributed by atoms with Gasteiger partial charge in [0, 0.05) is 48.5 Å². The van der Waals surface area contributed by atoms with Crippen molar-refractivity contribution < 1.29 is 39.2 Å². The summed E-state index contributed by atoms with van der Waals surface area (Å²) in [6, 6.07) is 0. The van der Waals surface area contributed by atoms with Crippen molar-refractivity contribution in [2.45, 2.75) is 83.7 Å². The summed E-state index contributed by atoms with van der Waals surface area (Å²) in [6.07, 6.45) is 14.4. The van der Waals surface area contributed by atoms with Crippen LogP contribution in [0, 0.1) is 29.1 Å². The molecule has 4 aliphatic rings. The van der Waals surface area contributed by atoms with Gasteiger partial charge in [-0.25, -0.2) is 4.79 Å². The highest BCUT2D eigenvalue weighted by molar-refractivity contribution is 6.04. The Hall–Kier alpha value is -2.81. The number of fused-ring (bicyclic) bond motifs is 5. The average molecular weight is 555 g/mol. The summed E-state index contributed by atoms with van der Waals surface area (Å²) >= 11 is 0. The maximum atomic E-state index is 13.2. The van der Waals surface area contributed by atoms with Crippen molar-refractivity contribution in [3.8, 4) is 0 Å². The molecule has 0 heterocycles. The number of aliphatic hydroxyl groups is 3. The first-order valence-electron chi connectivity index (χ1n) is 14.1. The molecule has 0 saturated heterocycles. The van der Waals surface area contributed by atoms with E-state index in [1.165, 1.54) is 13.0 Å². The number of hydrogen-bond donors (Lipinski definition) is 3. The van der Waals surface area contributed by atoms with Gasteiger partial charge in [-0.15, -0.1) is 0 Å². The third kappa shape index (κ3) is 4.35. The van der Waals surface area contributed by atoms with Gasteiger partial charge in [-0.3, -0.25) is 9.59 Å². The number of aliphatic hydroxyl groups excluding tert-OH is 1. The Morgan fingerprint density at radius 1 is 1.12 bits per heavy atom. The molecule has 2 saturated carbocycles. The number of Topliss-reactive ketones (excluding diaryl/α,β-unsaturated/α-hetero) is 1. The van der Waals surface area contributed by atoms with Crippen molar-refractivity contribution >= 4 is 17.7 Å². The molecule has 2 fully saturated rings. The first-order valence-corrected chi connectivity index (χ1v) is 14.1. The summed E-state index contributed by atoms with van der Waals surface area (Å²) in [5.74, 6) is -4.80. The predicted octanol–water partition coefficient (Wildman–Crippen LogP) is 3.52. The Bertz CT molecular complexity index is 1220. The second-order valence-corrected chi connectivity index (χ2v) is 12.3. The lowest BCUT2D eigenvalue weighted by Crippen LogP contribution is -2.66. The molecule has 4 rings (SSSR count). The largest absolute Gasteiger partial charge is 0.455 e. The number of hydrogen-bond acceptors (Lipinski definition) is 8. The highest BCUT2D eigenvalue weighted by Crippen LogP contribution is 2.77. The van der Waals surface area contributed by atoms with E-state index in [1.807, 2.05) is 26.0 Å². The van der Waals surface area contributed by atoms with Crippen LogP contribution in [0.15, 0.2) is 59.8 Å². The van der Waals surface area contributed by atoms with E-state index >= 15 is 0 Å². The summed E-state index contributed by atoms with van der Waals surface area (Å²) in [5.41, 5.74) is -4.94. The van der Waals surface area contributed by atoms with E-state index in [0.29, 0.717) is 11.1 Å². The fraction of sp³-hybridized carbons (Fsp3) is 0.594. The molecule has 0 aromatic rings. The molecule has 0 aliphatic heterocycles. The van der Waals surface area contributed by atoms with Gasteiger partial charge in [0.1, 0.15) is 11.7 Å². The van der Waals surface area contributed by atoms with Gasteiger partial charge in [-0.1, -0.05) is 76.6 Å². The number of allylic oxidation sites excluding steroid dienone is 5. The summed E-state index contributed by atoms with van der Waals surface area (Å²) in [4.78, 5) is 38.7. The van der Waals surface area contributed by atoms with Crippen LogP contribution in [-0.2, 0) is 23.9 Å². The van der Waals surface area contributed by atoms with Gasteiger partial charge in [-0.2, -0.15) is 0 Å². The Balaban J connectivity index is 1.78. The van der Waals surface area contributed by atoms with Crippen LogP contribution in [0.2, 0.25) is 0 Å². The van der Waals surface area contributed by atoms with Crippen LogP contribution in [0.1, 0.15) is 60.8 Å². The maximum absolute atomic E-state index is 13.2. The lowest BCUT2D eigenvalue weighted by molar-refractivity contribution is -0.226. The van der Waals surface area contributed by atoms with Crippen molar-refractivity contribution in [3.63, 3.8) is 0 Å². The van der Waals surface area contributed by atoms with Gasteiger partial charge in [-0.05, 0) is 24.5 Å². The molecular formula is C32H42O8. The van der Waals surface area contributed by atoms with Gasteiger partial charge < -0.3 is 24.8 Å². The Kier molecular flexibility index (Phi) is 7.95. The first kappa shape index (κ1) is 30.2. The van der Waals surface area contributed by atoms with Crippen molar-refractivity contribution in [1.29, 1.82) is 0 Å². The maximum Gasteiger partial charge on any atom is 0.331 e. The van der Waals surface area contributed by atoms with E-state index in [0.717, 1.165) is 12.8 Å². The Labute approximate surface area is 236 Å². The van der Waals surface area contributed by atoms with Crippen LogP contribution in [-0.4, -0.2) is 62.6 Å². The van der Waals surface area contributed by atoms with Gasteiger partial charge in [0.15, 0.2) is 11.4 Å². The summed E-state index contributed by atoms with van der Waals surface area (Å²) < 4.78 is 12.0. The molecule has 0 unspecified atom stereocenters. The zero-order valence-corrected chi connectivity index (χ0v) is 24.2. The topological polar surface area (TPSA) is 130 Å². The third-order valence-corrected chi connectivity index (χ3v) is 9.67. The molecule has 0 radical (unpaired) electrons. The van der Waals surface area contributed by atoms with Crippen LogP contribution in [0.3, 0.4) is 0 Å². The lowest BCUT2D eigenvalue weighted by atomic mass is 9.59. The van der Waals surface area contributed by atoms with Crippen molar-refractivity contribution in [1.82, 2.24) is 0 Å². The number of ketones is 1. The fourth-order valence-corrected chi connectivity index (χ4v) is 7.83. The highest BCUT2D eigenvalue weighted by Gasteiger charge is 2.87. The molecule has 3 N–H and O–H groups in total. The summed E-state index contributed by atoms with van der Waals surface area (Å²) in [5, 5.41) is 34.6. The zero-order valence-electron chi connectivity index (χ0n) is 24.2. The van der Waals surface area contributed by atoms with Gasteiger partial charge in [0.2, 0.25) is 0 Å². The van der Waals surface area contributed by atoms with Gasteiger partial charge in [0.05, 0.1) is 12.2 Å². The Morgan fingerprint density at radius 3 is 2.42 bits per heavy atom. The molecule has 0 aromatic carbocycles. The number of rotatable bonds is 8. The molecule has 0 bridgehead atoms. The number of esters is 2. The number of carbonyl (C=O) groups excluding carboxylic acids is 3. The molecule has 0 spiro atoms. The molecule has 218 valence electrons. The predicted molar refractivity (Wildman–Crippen MR) is 149 cm³/mol. The minimum absolute atomic E-state index is 0.133. The van der Waals surface area contributed by atoms with Crippen molar-refractivity contribution in [2.24, 2.45) is 29.1 Å². The number of ether oxygens (including phenoxy) is 2. The molecular weight excluding hydrogens is 512 g/mol. The SMILES string of the molecule is CCC/C=C/C=C/C=C/C(=O)O[C@@H]1[C@@H](C)[C@@]2(O)[C@@H](C=C(CO)C[C@]3(O)C(=O)C(C)=C[C@@H]23)[C@@H]2C(C)(C)[C@]12OC(C)=O. The van der Waals surface area contributed by atoms with E-state index in [-0.39, 0.29) is 6.42 Å². The van der Waals surface area contributed by atoms with E-state index in [9.17, 15) is 29.7 Å². The molecule has 40 heavy (non-hydrogen) atoms. The van der Waals surface area contributed by atoms with Crippen LogP contribution >= 0.6 is 0 Å². The van der Waals surface area contributed by atoms with Gasteiger partial charge in [0.25, 0.3) is 0 Å². The quantitative estimate of drug-likeness (QED) is 0.180. The molecule has 8 nitrogen and oxygen atoms in total. The fourth-order valence-electron chi connectivity index (χ4n) is 7.83. The molecule has 8 atom stereocenters. The molecule has 0 aromatic heterocycles. The number of carbonyl (C=O) groups is 3. The second kappa shape index (κ2) is 10.5. The second-order valence-electron chi connectivity index (χ2n) is 12.3. The normalized spacial score (nSPS) is 39.8. The van der Waals surface area contributed by atoms with Crippen LogP contribution in [0.4, 0.5) is 0 Å². The lowest BCUT2D eigenvalue weighted by Gasteiger charge is -2.53. The zero-order chi connectivity index (χ0) is 29.7.